The van der Waals surface area contributed by atoms with E-state index in [1.807, 2.05) is 68.6 Å². The van der Waals surface area contributed by atoms with E-state index < -0.39 is 0 Å². The molecule has 0 spiro atoms. The quantitative estimate of drug-likeness (QED) is 0.230. The molecule has 3 aromatic heterocycles. The Balaban J connectivity index is 1.50. The average Bonchev–Trinajstić information content (AvgIpc) is 3.34. The van der Waals surface area contributed by atoms with Crippen molar-refractivity contribution in [2.45, 2.75) is 13.8 Å². The van der Waals surface area contributed by atoms with Crippen molar-refractivity contribution in [2.24, 2.45) is 0 Å². The standard InChI is InChI=1S/C36H25N5/c1-23-18-24(2)40-36(39-23)31-14-12-25(22-37)19-34(31)41-33-11-7-6-10-29(33)30-15-13-27(21-35(30)41)28-16-17-38-32(20-28)26-8-4-3-5-9-26/h3-21H,1-2H3. The summed E-state index contributed by atoms with van der Waals surface area (Å²) in [6.45, 7) is 3.96. The Morgan fingerprint density at radius 1 is 0.634 bits per heavy atom. The molecule has 7 rings (SSSR count). The Bertz CT molecular complexity index is 2110. The first-order chi connectivity index (χ1) is 20.1. The van der Waals surface area contributed by atoms with Crippen molar-refractivity contribution >= 4 is 21.8 Å². The number of para-hydroxylation sites is 1. The first-order valence-electron chi connectivity index (χ1n) is 13.5. The predicted octanol–water partition coefficient (Wildman–Crippen LogP) is 8.46. The molecule has 0 unspecified atom stereocenters. The third-order valence-electron chi connectivity index (χ3n) is 7.43. The fraction of sp³-hybridized carbons (Fsp3) is 0.0556. The Hall–Kier alpha value is -5.60. The molecule has 5 heteroatoms. The van der Waals surface area contributed by atoms with Gasteiger partial charge >= 0.3 is 0 Å². The van der Waals surface area contributed by atoms with Crippen molar-refractivity contribution < 1.29 is 0 Å². The van der Waals surface area contributed by atoms with Gasteiger partial charge in [0.25, 0.3) is 0 Å². The monoisotopic (exact) mass is 527 g/mol. The number of fused-ring (bicyclic) bond motifs is 3. The van der Waals surface area contributed by atoms with E-state index in [2.05, 4.69) is 76.3 Å². The summed E-state index contributed by atoms with van der Waals surface area (Å²) in [7, 11) is 0. The van der Waals surface area contributed by atoms with Crippen LogP contribution in [0, 0.1) is 25.2 Å². The highest BCUT2D eigenvalue weighted by Crippen LogP contribution is 2.38. The molecule has 0 N–H and O–H groups in total. The van der Waals surface area contributed by atoms with E-state index in [0.29, 0.717) is 11.4 Å². The summed E-state index contributed by atoms with van der Waals surface area (Å²) < 4.78 is 2.24. The number of rotatable bonds is 4. The fourth-order valence-electron chi connectivity index (χ4n) is 5.61. The number of hydrogen-bond donors (Lipinski definition) is 0. The molecule has 0 aliphatic heterocycles. The Morgan fingerprint density at radius 3 is 2.17 bits per heavy atom. The summed E-state index contributed by atoms with van der Waals surface area (Å²) in [6, 6.07) is 39.4. The Labute approximate surface area is 238 Å². The smallest absolute Gasteiger partial charge is 0.161 e. The third-order valence-corrected chi connectivity index (χ3v) is 7.43. The molecule has 5 nitrogen and oxygen atoms in total. The largest absolute Gasteiger partial charge is 0.308 e. The number of nitrogens with zero attached hydrogens (tertiary/aromatic N) is 5. The molecule has 0 fully saturated rings. The summed E-state index contributed by atoms with van der Waals surface area (Å²) in [4.78, 5) is 14.2. The topological polar surface area (TPSA) is 67.4 Å². The molecule has 7 aromatic rings. The Kier molecular flexibility index (Phi) is 5.88. The van der Waals surface area contributed by atoms with Crippen LogP contribution < -0.4 is 0 Å². The summed E-state index contributed by atoms with van der Waals surface area (Å²) in [5.41, 5.74) is 10.4. The maximum atomic E-state index is 9.85. The van der Waals surface area contributed by atoms with Crippen molar-refractivity contribution in [3.05, 3.63) is 132 Å². The summed E-state index contributed by atoms with van der Waals surface area (Å²) >= 11 is 0. The van der Waals surface area contributed by atoms with Gasteiger partial charge in [0, 0.05) is 39.5 Å². The maximum Gasteiger partial charge on any atom is 0.161 e. The molecule has 0 aliphatic carbocycles. The van der Waals surface area contributed by atoms with Gasteiger partial charge in [0.15, 0.2) is 5.82 Å². The highest BCUT2D eigenvalue weighted by molar-refractivity contribution is 6.10. The maximum absolute atomic E-state index is 9.85. The molecule has 3 heterocycles. The summed E-state index contributed by atoms with van der Waals surface area (Å²) in [6.07, 6.45) is 1.86. The highest BCUT2D eigenvalue weighted by atomic mass is 15.0. The van der Waals surface area contributed by atoms with Crippen LogP contribution in [0.25, 0.3) is 61.3 Å². The van der Waals surface area contributed by atoms with E-state index in [9.17, 15) is 5.26 Å². The molecule has 0 bridgehead atoms. The lowest BCUT2D eigenvalue weighted by atomic mass is 10.0. The number of pyridine rings is 1. The van der Waals surface area contributed by atoms with Gasteiger partial charge < -0.3 is 4.57 Å². The third kappa shape index (κ3) is 4.32. The SMILES string of the molecule is Cc1cc(C)nc(-c2ccc(C#N)cc2-n2c3ccccc3c3ccc(-c4ccnc(-c5ccccc5)c4)cc32)n1. The fourth-order valence-corrected chi connectivity index (χ4v) is 5.61. The van der Waals surface area contributed by atoms with Crippen LogP contribution in [0.4, 0.5) is 0 Å². The van der Waals surface area contributed by atoms with Crippen LogP contribution >= 0.6 is 0 Å². The van der Waals surface area contributed by atoms with Gasteiger partial charge in [-0.15, -0.1) is 0 Å². The molecular formula is C36H25N5. The van der Waals surface area contributed by atoms with Gasteiger partial charge in [-0.3, -0.25) is 4.98 Å². The predicted molar refractivity (Wildman–Crippen MR) is 165 cm³/mol. The lowest BCUT2D eigenvalue weighted by Gasteiger charge is -2.15. The van der Waals surface area contributed by atoms with Crippen LogP contribution in [0.3, 0.4) is 0 Å². The zero-order valence-corrected chi connectivity index (χ0v) is 22.7. The first-order valence-corrected chi connectivity index (χ1v) is 13.5. The highest BCUT2D eigenvalue weighted by Gasteiger charge is 2.18. The van der Waals surface area contributed by atoms with E-state index in [1.165, 1.54) is 0 Å². The minimum absolute atomic E-state index is 0.580. The van der Waals surface area contributed by atoms with Crippen LogP contribution in [0.2, 0.25) is 0 Å². The van der Waals surface area contributed by atoms with Crippen LogP contribution in [-0.2, 0) is 0 Å². The zero-order chi connectivity index (χ0) is 27.9. The normalized spacial score (nSPS) is 11.1. The van der Waals surface area contributed by atoms with E-state index in [1.54, 1.807) is 0 Å². The lowest BCUT2D eigenvalue weighted by Crippen LogP contribution is -2.02. The van der Waals surface area contributed by atoms with Gasteiger partial charge in [0.05, 0.1) is 34.0 Å². The second kappa shape index (κ2) is 9.86. The van der Waals surface area contributed by atoms with E-state index in [0.717, 1.165) is 66.8 Å². The molecule has 194 valence electrons. The molecular weight excluding hydrogens is 502 g/mol. The molecule has 0 atom stereocenters. The number of hydrogen-bond acceptors (Lipinski definition) is 4. The number of aromatic nitrogens is 4. The molecule has 4 aromatic carbocycles. The van der Waals surface area contributed by atoms with Gasteiger partial charge in [-0.05, 0) is 73.5 Å². The van der Waals surface area contributed by atoms with Gasteiger partial charge in [0.2, 0.25) is 0 Å². The molecule has 0 radical (unpaired) electrons. The molecule has 0 saturated heterocycles. The second-order valence-corrected chi connectivity index (χ2v) is 10.2. The van der Waals surface area contributed by atoms with Crippen LogP contribution in [0.15, 0.2) is 115 Å². The first kappa shape index (κ1) is 24.4. The van der Waals surface area contributed by atoms with Crippen molar-refractivity contribution in [1.82, 2.24) is 19.5 Å². The summed E-state index contributed by atoms with van der Waals surface area (Å²) in [5, 5.41) is 12.1. The van der Waals surface area contributed by atoms with Gasteiger partial charge in [0.1, 0.15) is 0 Å². The number of benzene rings is 4. The molecule has 0 aliphatic rings. The molecule has 0 amide bonds. The molecule has 0 saturated carbocycles. The minimum Gasteiger partial charge on any atom is -0.308 e. The van der Waals surface area contributed by atoms with Crippen molar-refractivity contribution in [3.8, 4) is 45.5 Å². The van der Waals surface area contributed by atoms with Crippen molar-refractivity contribution in [3.63, 3.8) is 0 Å². The van der Waals surface area contributed by atoms with Gasteiger partial charge in [-0.2, -0.15) is 5.26 Å². The number of aryl methyl sites for hydroxylation is 2. The Morgan fingerprint density at radius 2 is 1.37 bits per heavy atom. The van der Waals surface area contributed by atoms with Gasteiger partial charge in [-0.1, -0.05) is 60.7 Å². The minimum atomic E-state index is 0.580. The van der Waals surface area contributed by atoms with Crippen LogP contribution in [0.5, 0.6) is 0 Å². The zero-order valence-electron chi connectivity index (χ0n) is 22.7. The van der Waals surface area contributed by atoms with E-state index in [4.69, 9.17) is 9.97 Å². The van der Waals surface area contributed by atoms with Crippen molar-refractivity contribution in [2.75, 3.05) is 0 Å². The van der Waals surface area contributed by atoms with E-state index >= 15 is 0 Å². The van der Waals surface area contributed by atoms with Crippen molar-refractivity contribution in [1.29, 1.82) is 5.26 Å². The van der Waals surface area contributed by atoms with Crippen LogP contribution in [0.1, 0.15) is 17.0 Å². The average molecular weight is 528 g/mol. The summed E-state index contributed by atoms with van der Waals surface area (Å²) in [5.74, 6) is 0.644. The van der Waals surface area contributed by atoms with Crippen LogP contribution in [-0.4, -0.2) is 19.5 Å². The van der Waals surface area contributed by atoms with E-state index in [-0.39, 0.29) is 0 Å². The molecule has 41 heavy (non-hydrogen) atoms. The second-order valence-electron chi connectivity index (χ2n) is 10.2. The van der Waals surface area contributed by atoms with Gasteiger partial charge in [-0.25, -0.2) is 9.97 Å². The lowest BCUT2D eigenvalue weighted by molar-refractivity contribution is 1.05. The number of nitriles is 1.